The van der Waals surface area contributed by atoms with Crippen molar-refractivity contribution in [2.45, 2.75) is 39.2 Å². The summed E-state index contributed by atoms with van der Waals surface area (Å²) < 4.78 is 5.96. The fraction of sp³-hybridized carbons (Fsp3) is 0.500. The number of β-amino-alcohol motifs (C(OH)–C–C–N with tert-alkyl or cyclic N) is 1. The number of aliphatic hydroxyl groups is 1. The number of amides is 1. The fourth-order valence-corrected chi connectivity index (χ4v) is 2.66. The number of hydrogen-bond acceptors (Lipinski definition) is 4. The molecule has 0 radical (unpaired) electrons. The molecule has 0 fully saturated rings. The van der Waals surface area contributed by atoms with Crippen LogP contribution in [0.3, 0.4) is 0 Å². The Hall–Kier alpha value is -1.88. The monoisotopic (exact) mass is 291 g/mol. The number of carbonyl (C=O) groups excluding carboxylic acids is 2. The molecular weight excluding hydrogens is 270 g/mol. The highest BCUT2D eigenvalue weighted by Crippen LogP contribution is 2.41. The molecule has 0 saturated heterocycles. The van der Waals surface area contributed by atoms with Gasteiger partial charge in [0, 0.05) is 12.1 Å². The highest BCUT2D eigenvalue weighted by Gasteiger charge is 2.45. The average Bonchev–Trinajstić information content (AvgIpc) is 2.49. The number of benzene rings is 1. The van der Waals surface area contributed by atoms with Crippen molar-refractivity contribution in [3.8, 4) is 5.75 Å². The van der Waals surface area contributed by atoms with E-state index < -0.39 is 5.60 Å². The Bertz CT molecular complexity index is 563. The predicted molar refractivity (Wildman–Crippen MR) is 79.8 cm³/mol. The van der Waals surface area contributed by atoms with Crippen molar-refractivity contribution in [1.82, 2.24) is 0 Å². The molecular formula is C16H21NO4. The van der Waals surface area contributed by atoms with Crippen LogP contribution in [-0.2, 0) is 4.79 Å². The third-order valence-corrected chi connectivity index (χ3v) is 4.06. The fourth-order valence-electron chi connectivity index (χ4n) is 2.66. The molecule has 114 valence electrons. The van der Waals surface area contributed by atoms with Crippen LogP contribution in [-0.4, -0.2) is 35.5 Å². The summed E-state index contributed by atoms with van der Waals surface area (Å²) >= 11 is 0. The van der Waals surface area contributed by atoms with E-state index in [0.29, 0.717) is 29.8 Å². The maximum atomic E-state index is 12.7. The summed E-state index contributed by atoms with van der Waals surface area (Å²) in [4.78, 5) is 25.8. The van der Waals surface area contributed by atoms with Gasteiger partial charge in [0.15, 0.2) is 11.4 Å². The number of Topliss-reactive ketones (excluding diaryl/α,β-unsaturated/α-hetero) is 1. The summed E-state index contributed by atoms with van der Waals surface area (Å²) in [6, 6.07) is 5.08. The van der Waals surface area contributed by atoms with Crippen LogP contribution >= 0.6 is 0 Å². The van der Waals surface area contributed by atoms with Crippen LogP contribution in [0.2, 0.25) is 0 Å². The van der Waals surface area contributed by atoms with Gasteiger partial charge in [0.1, 0.15) is 5.75 Å². The van der Waals surface area contributed by atoms with E-state index >= 15 is 0 Å². The van der Waals surface area contributed by atoms with Crippen LogP contribution in [0, 0.1) is 0 Å². The van der Waals surface area contributed by atoms with Crippen LogP contribution < -0.4 is 9.64 Å². The molecule has 21 heavy (non-hydrogen) atoms. The average molecular weight is 291 g/mol. The van der Waals surface area contributed by atoms with Gasteiger partial charge in [-0.05, 0) is 38.0 Å². The molecule has 1 aliphatic rings. The van der Waals surface area contributed by atoms with E-state index in [2.05, 4.69) is 0 Å². The molecule has 1 aromatic rings. The maximum absolute atomic E-state index is 12.7. The number of aliphatic hydroxyl groups excluding tert-OH is 1. The zero-order chi connectivity index (χ0) is 15.6. The minimum atomic E-state index is -0.889. The largest absolute Gasteiger partial charge is 0.475 e. The molecule has 0 bridgehead atoms. The summed E-state index contributed by atoms with van der Waals surface area (Å²) in [6.07, 6.45) is 1.11. The Balaban J connectivity index is 2.56. The molecule has 0 atom stereocenters. The van der Waals surface area contributed by atoms with Gasteiger partial charge in [-0.25, -0.2) is 0 Å². The summed E-state index contributed by atoms with van der Waals surface area (Å²) in [5.74, 6) is 0.350. The third-order valence-electron chi connectivity index (χ3n) is 4.06. The van der Waals surface area contributed by atoms with Crippen molar-refractivity contribution in [3.05, 3.63) is 23.8 Å². The molecule has 1 aromatic carbocycles. The van der Waals surface area contributed by atoms with E-state index in [4.69, 9.17) is 4.74 Å². The Morgan fingerprint density at radius 1 is 1.33 bits per heavy atom. The van der Waals surface area contributed by atoms with Crippen molar-refractivity contribution < 1.29 is 19.4 Å². The van der Waals surface area contributed by atoms with Crippen molar-refractivity contribution >= 4 is 17.4 Å². The molecule has 0 unspecified atom stereocenters. The van der Waals surface area contributed by atoms with Crippen LogP contribution in [0.5, 0.6) is 5.75 Å². The molecule has 2 rings (SSSR count). The lowest BCUT2D eigenvalue weighted by atomic mass is 9.92. The van der Waals surface area contributed by atoms with E-state index in [1.807, 2.05) is 13.8 Å². The first kappa shape index (κ1) is 15.5. The normalized spacial score (nSPS) is 16.4. The van der Waals surface area contributed by atoms with Gasteiger partial charge >= 0.3 is 0 Å². The van der Waals surface area contributed by atoms with Gasteiger partial charge in [-0.3, -0.25) is 9.59 Å². The first-order chi connectivity index (χ1) is 9.99. The Kier molecular flexibility index (Phi) is 4.32. The summed E-state index contributed by atoms with van der Waals surface area (Å²) in [6.45, 7) is 5.35. The van der Waals surface area contributed by atoms with Crippen molar-refractivity contribution in [3.63, 3.8) is 0 Å². The highest BCUT2D eigenvalue weighted by molar-refractivity contribution is 6.04. The van der Waals surface area contributed by atoms with Crippen LogP contribution in [0.25, 0.3) is 0 Å². The lowest BCUT2D eigenvalue weighted by Crippen LogP contribution is -2.56. The second kappa shape index (κ2) is 5.85. The molecule has 0 spiro atoms. The summed E-state index contributed by atoms with van der Waals surface area (Å²) in [5, 5.41) is 9.25. The van der Waals surface area contributed by atoms with Gasteiger partial charge in [-0.1, -0.05) is 13.8 Å². The number of ketones is 1. The molecule has 1 N–H and O–H groups in total. The Morgan fingerprint density at radius 2 is 2.00 bits per heavy atom. The quantitative estimate of drug-likeness (QED) is 0.844. The maximum Gasteiger partial charge on any atom is 0.271 e. The van der Waals surface area contributed by atoms with Gasteiger partial charge in [-0.15, -0.1) is 0 Å². The third kappa shape index (κ3) is 2.53. The van der Waals surface area contributed by atoms with Gasteiger partial charge in [0.25, 0.3) is 5.91 Å². The zero-order valence-electron chi connectivity index (χ0n) is 12.7. The van der Waals surface area contributed by atoms with Gasteiger partial charge < -0.3 is 14.7 Å². The van der Waals surface area contributed by atoms with Crippen molar-refractivity contribution in [2.75, 3.05) is 18.1 Å². The van der Waals surface area contributed by atoms with E-state index in [1.165, 1.54) is 11.8 Å². The molecule has 0 aromatic heterocycles. The number of anilines is 1. The van der Waals surface area contributed by atoms with E-state index in [-0.39, 0.29) is 24.8 Å². The molecule has 1 heterocycles. The molecule has 5 nitrogen and oxygen atoms in total. The first-order valence-corrected chi connectivity index (χ1v) is 7.26. The van der Waals surface area contributed by atoms with Crippen LogP contribution in [0.15, 0.2) is 18.2 Å². The number of ether oxygens (including phenoxy) is 1. The molecule has 0 saturated carbocycles. The lowest BCUT2D eigenvalue weighted by molar-refractivity contribution is -0.136. The van der Waals surface area contributed by atoms with Crippen LogP contribution in [0.1, 0.15) is 44.0 Å². The van der Waals surface area contributed by atoms with E-state index in [0.717, 1.165) is 0 Å². The second-order valence-corrected chi connectivity index (χ2v) is 5.22. The standard InChI is InChI=1S/C16H21NO4/c1-4-16(5-2)15(20)17(8-9-18)13-10-12(11(3)19)6-7-14(13)21-16/h6-7,10,18H,4-5,8-9H2,1-3H3. The zero-order valence-corrected chi connectivity index (χ0v) is 12.7. The van der Waals surface area contributed by atoms with E-state index in [9.17, 15) is 14.7 Å². The number of rotatable bonds is 5. The van der Waals surface area contributed by atoms with Gasteiger partial charge in [-0.2, -0.15) is 0 Å². The lowest BCUT2D eigenvalue weighted by Gasteiger charge is -2.41. The SMILES string of the molecule is CCC1(CC)Oc2ccc(C(C)=O)cc2N(CCO)C1=O. The molecule has 0 aliphatic carbocycles. The summed E-state index contributed by atoms with van der Waals surface area (Å²) in [5.41, 5.74) is 0.188. The minimum absolute atomic E-state index is 0.0722. The van der Waals surface area contributed by atoms with Gasteiger partial charge in [0.2, 0.25) is 0 Å². The number of fused-ring (bicyclic) bond motifs is 1. The predicted octanol–water partition coefficient (Wildman–Crippen LogP) is 2.17. The van der Waals surface area contributed by atoms with E-state index in [1.54, 1.807) is 18.2 Å². The Morgan fingerprint density at radius 3 is 2.52 bits per heavy atom. The highest BCUT2D eigenvalue weighted by atomic mass is 16.5. The minimum Gasteiger partial charge on any atom is -0.475 e. The first-order valence-electron chi connectivity index (χ1n) is 7.26. The number of nitrogens with zero attached hydrogens (tertiary/aromatic N) is 1. The Labute approximate surface area is 124 Å². The molecule has 1 amide bonds. The van der Waals surface area contributed by atoms with Gasteiger partial charge in [0.05, 0.1) is 12.3 Å². The molecule has 1 aliphatic heterocycles. The van der Waals surface area contributed by atoms with Crippen molar-refractivity contribution in [1.29, 1.82) is 0 Å². The van der Waals surface area contributed by atoms with Crippen LogP contribution in [0.4, 0.5) is 5.69 Å². The smallest absolute Gasteiger partial charge is 0.271 e. The van der Waals surface area contributed by atoms with Crippen molar-refractivity contribution in [2.24, 2.45) is 0 Å². The number of hydrogen-bond donors (Lipinski definition) is 1. The topological polar surface area (TPSA) is 66.8 Å². The summed E-state index contributed by atoms with van der Waals surface area (Å²) in [7, 11) is 0. The molecule has 5 heteroatoms. The second-order valence-electron chi connectivity index (χ2n) is 5.22. The number of carbonyl (C=O) groups is 2.